The molecule has 1 spiro atoms. The molecule has 0 N–H and O–H groups in total. The summed E-state index contributed by atoms with van der Waals surface area (Å²) in [5, 5.41) is 0. The first kappa shape index (κ1) is 14.4. The fourth-order valence-corrected chi connectivity index (χ4v) is 5.10. The molecule has 0 radical (unpaired) electrons. The van der Waals surface area contributed by atoms with Crippen LogP contribution in [0, 0.1) is 10.8 Å². The van der Waals surface area contributed by atoms with E-state index in [1.165, 1.54) is 6.92 Å². The average Bonchev–Trinajstić information content (AvgIpc) is 3.18. The SMILES string of the molecule is CC(=O)O[C@@H]1CC2O[C@@H]3C=C(C)C(=O)C[C@]3(C)[C@]1(C)C21CO1. The van der Waals surface area contributed by atoms with E-state index in [1.54, 1.807) is 0 Å². The summed E-state index contributed by atoms with van der Waals surface area (Å²) in [5.41, 5.74) is -0.473. The first-order chi connectivity index (χ1) is 10.2. The van der Waals surface area contributed by atoms with Crippen LogP contribution in [0.25, 0.3) is 0 Å². The summed E-state index contributed by atoms with van der Waals surface area (Å²) in [4.78, 5) is 23.9. The molecular weight excluding hydrogens is 284 g/mol. The second-order valence-corrected chi connectivity index (χ2v) is 7.63. The number of allylic oxidation sites excluding steroid dienone is 1. The van der Waals surface area contributed by atoms with Gasteiger partial charge in [0.2, 0.25) is 0 Å². The fourth-order valence-electron chi connectivity index (χ4n) is 5.10. The van der Waals surface area contributed by atoms with Crippen molar-refractivity contribution in [2.24, 2.45) is 10.8 Å². The highest BCUT2D eigenvalue weighted by atomic mass is 16.6. The van der Waals surface area contributed by atoms with Gasteiger partial charge >= 0.3 is 5.97 Å². The van der Waals surface area contributed by atoms with Gasteiger partial charge in [-0.25, -0.2) is 0 Å². The standard InChI is InChI=1S/C17H22O5/c1-9-5-12-15(3,7-11(9)19)16(4)13(21-10(2)18)6-14(22-12)17(16)8-20-17/h5,12-14H,6-8H2,1-4H3/t12-,13-,14?,15+,16-,17?/m1/s1. The maximum Gasteiger partial charge on any atom is 0.302 e. The minimum absolute atomic E-state index is 0.0721. The lowest BCUT2D eigenvalue weighted by molar-refractivity contribution is -0.209. The molecule has 120 valence electrons. The Balaban J connectivity index is 1.84. The van der Waals surface area contributed by atoms with Crippen LogP contribution in [0.2, 0.25) is 0 Å². The second-order valence-electron chi connectivity index (χ2n) is 7.63. The summed E-state index contributed by atoms with van der Waals surface area (Å²) in [6, 6.07) is 0. The number of hydrogen-bond acceptors (Lipinski definition) is 5. The van der Waals surface area contributed by atoms with E-state index in [0.29, 0.717) is 19.4 Å². The lowest BCUT2D eigenvalue weighted by Gasteiger charge is -2.56. The number of esters is 1. The minimum atomic E-state index is -0.423. The molecule has 2 heterocycles. The van der Waals surface area contributed by atoms with Crippen molar-refractivity contribution in [2.75, 3.05) is 6.61 Å². The number of hydrogen-bond donors (Lipinski definition) is 0. The van der Waals surface area contributed by atoms with Gasteiger partial charge in [0.25, 0.3) is 0 Å². The van der Waals surface area contributed by atoms with Crippen LogP contribution in [-0.4, -0.2) is 42.3 Å². The molecule has 3 fully saturated rings. The highest BCUT2D eigenvalue weighted by Crippen LogP contribution is 2.71. The summed E-state index contributed by atoms with van der Waals surface area (Å²) in [5.74, 6) is -0.144. The zero-order chi connectivity index (χ0) is 15.9. The average molecular weight is 306 g/mol. The Morgan fingerprint density at radius 3 is 2.68 bits per heavy atom. The molecule has 2 aliphatic heterocycles. The zero-order valence-electron chi connectivity index (χ0n) is 13.5. The summed E-state index contributed by atoms with van der Waals surface area (Å²) in [6.45, 7) is 8.09. The molecule has 2 aliphatic carbocycles. The number of Topliss-reactive ketones (excluding diaryl/α,β-unsaturated/α-hetero) is 1. The lowest BCUT2D eigenvalue weighted by atomic mass is 9.52. The predicted octanol–water partition coefficient (Wildman–Crippen LogP) is 1.79. The van der Waals surface area contributed by atoms with Crippen LogP contribution < -0.4 is 0 Å². The smallest absolute Gasteiger partial charge is 0.302 e. The number of carbonyl (C=O) groups excluding carboxylic acids is 2. The van der Waals surface area contributed by atoms with Gasteiger partial charge in [0.05, 0.1) is 18.8 Å². The number of rotatable bonds is 1. The van der Waals surface area contributed by atoms with Crippen molar-refractivity contribution in [3.05, 3.63) is 11.6 Å². The first-order valence-electron chi connectivity index (χ1n) is 7.93. The maximum absolute atomic E-state index is 12.4. The van der Waals surface area contributed by atoms with Crippen molar-refractivity contribution in [3.8, 4) is 0 Å². The number of ketones is 1. The van der Waals surface area contributed by atoms with Crippen LogP contribution in [-0.2, 0) is 23.8 Å². The molecule has 5 nitrogen and oxygen atoms in total. The quantitative estimate of drug-likeness (QED) is 0.546. The van der Waals surface area contributed by atoms with Crippen LogP contribution in [0.3, 0.4) is 0 Å². The Morgan fingerprint density at radius 1 is 1.41 bits per heavy atom. The van der Waals surface area contributed by atoms with Gasteiger partial charge in [-0.2, -0.15) is 0 Å². The van der Waals surface area contributed by atoms with Crippen LogP contribution in [0.15, 0.2) is 11.6 Å². The Labute approximate surface area is 130 Å². The predicted molar refractivity (Wildman–Crippen MR) is 77.1 cm³/mol. The summed E-state index contributed by atoms with van der Waals surface area (Å²) in [6.07, 6.45) is 2.53. The second kappa shape index (κ2) is 4.01. The highest BCUT2D eigenvalue weighted by Gasteiger charge is 2.82. The molecule has 0 aromatic rings. The van der Waals surface area contributed by atoms with Crippen molar-refractivity contribution >= 4 is 11.8 Å². The molecule has 22 heavy (non-hydrogen) atoms. The largest absolute Gasteiger partial charge is 0.462 e. The molecule has 0 amide bonds. The van der Waals surface area contributed by atoms with Crippen molar-refractivity contribution in [3.63, 3.8) is 0 Å². The van der Waals surface area contributed by atoms with Gasteiger partial charge in [-0.15, -0.1) is 0 Å². The molecule has 6 atom stereocenters. The van der Waals surface area contributed by atoms with Gasteiger partial charge in [-0.3, -0.25) is 9.59 Å². The molecule has 2 unspecified atom stereocenters. The van der Waals surface area contributed by atoms with E-state index in [2.05, 4.69) is 13.8 Å². The Kier molecular flexibility index (Phi) is 2.62. The third-order valence-electron chi connectivity index (χ3n) is 6.73. The van der Waals surface area contributed by atoms with Crippen molar-refractivity contribution in [1.82, 2.24) is 0 Å². The van der Waals surface area contributed by atoms with Gasteiger partial charge in [-0.05, 0) is 18.6 Å². The van der Waals surface area contributed by atoms with Gasteiger partial charge in [-0.1, -0.05) is 13.8 Å². The summed E-state index contributed by atoms with van der Waals surface area (Å²) in [7, 11) is 0. The molecule has 2 saturated heterocycles. The zero-order valence-corrected chi connectivity index (χ0v) is 13.5. The number of ether oxygens (including phenoxy) is 3. The number of fused-ring (bicyclic) bond motifs is 2. The Bertz CT molecular complexity index is 604. The van der Waals surface area contributed by atoms with Crippen molar-refractivity contribution < 1.29 is 23.8 Å². The normalized spacial score (nSPS) is 52.3. The maximum atomic E-state index is 12.4. The summed E-state index contributed by atoms with van der Waals surface area (Å²) < 4.78 is 17.8. The highest BCUT2D eigenvalue weighted by molar-refractivity contribution is 5.96. The minimum Gasteiger partial charge on any atom is -0.462 e. The topological polar surface area (TPSA) is 65.1 Å². The van der Waals surface area contributed by atoms with Crippen LogP contribution in [0.5, 0.6) is 0 Å². The van der Waals surface area contributed by atoms with Crippen molar-refractivity contribution in [2.45, 2.75) is 64.4 Å². The van der Waals surface area contributed by atoms with Gasteiger partial charge in [0, 0.05) is 30.6 Å². The Hall–Kier alpha value is -1.20. The third kappa shape index (κ3) is 1.42. The van der Waals surface area contributed by atoms with E-state index in [9.17, 15) is 9.59 Å². The summed E-state index contributed by atoms with van der Waals surface area (Å²) >= 11 is 0. The number of epoxide rings is 1. The molecule has 0 aromatic carbocycles. The Morgan fingerprint density at radius 2 is 2.09 bits per heavy atom. The van der Waals surface area contributed by atoms with E-state index in [-0.39, 0.29) is 30.1 Å². The number of carbonyl (C=O) groups is 2. The van der Waals surface area contributed by atoms with Crippen LogP contribution >= 0.6 is 0 Å². The van der Waals surface area contributed by atoms with Gasteiger partial charge < -0.3 is 14.2 Å². The van der Waals surface area contributed by atoms with E-state index < -0.39 is 16.4 Å². The molecule has 5 heteroatoms. The first-order valence-corrected chi connectivity index (χ1v) is 7.93. The van der Waals surface area contributed by atoms with Gasteiger partial charge in [0.15, 0.2) is 5.78 Å². The monoisotopic (exact) mass is 306 g/mol. The van der Waals surface area contributed by atoms with Gasteiger partial charge in [0.1, 0.15) is 11.7 Å². The molecule has 1 saturated carbocycles. The van der Waals surface area contributed by atoms with E-state index in [4.69, 9.17) is 14.2 Å². The molecule has 4 rings (SSSR count). The van der Waals surface area contributed by atoms with E-state index >= 15 is 0 Å². The molecular formula is C17H22O5. The van der Waals surface area contributed by atoms with E-state index in [0.717, 1.165) is 5.57 Å². The van der Waals surface area contributed by atoms with E-state index in [1.807, 2.05) is 13.0 Å². The van der Waals surface area contributed by atoms with Crippen LogP contribution in [0.1, 0.15) is 40.5 Å². The third-order valence-corrected chi connectivity index (χ3v) is 6.73. The molecule has 0 aromatic heterocycles. The molecule has 2 bridgehead atoms. The lowest BCUT2D eigenvalue weighted by Crippen LogP contribution is -2.64. The molecule has 4 aliphatic rings. The fraction of sp³-hybridized carbons (Fsp3) is 0.765. The van der Waals surface area contributed by atoms with Crippen LogP contribution in [0.4, 0.5) is 0 Å². The van der Waals surface area contributed by atoms with Crippen molar-refractivity contribution in [1.29, 1.82) is 0 Å².